The Hall–Kier alpha value is -2.38. The number of rotatable bonds is 2. The molecule has 162 valence electrons. The first kappa shape index (κ1) is 20.9. The molecule has 0 aliphatic carbocycles. The van der Waals surface area contributed by atoms with Crippen molar-refractivity contribution < 1.29 is 19.1 Å². The van der Waals surface area contributed by atoms with E-state index in [1.807, 2.05) is 40.1 Å². The molecule has 1 aromatic rings. The summed E-state index contributed by atoms with van der Waals surface area (Å²) in [6.07, 6.45) is 5.55. The molecule has 3 aliphatic heterocycles. The van der Waals surface area contributed by atoms with Crippen molar-refractivity contribution in [3.8, 4) is 5.75 Å². The number of amides is 2. The average Bonchev–Trinajstić information content (AvgIpc) is 2.79. The Morgan fingerprint density at radius 2 is 1.97 bits per heavy atom. The van der Waals surface area contributed by atoms with Gasteiger partial charge in [-0.3, -0.25) is 9.59 Å². The van der Waals surface area contributed by atoms with Crippen molar-refractivity contribution in [2.75, 3.05) is 52.5 Å². The standard InChI is InChI=1S/C23H31N3O4/c27-22(25-9-12-29-13-10-25)14-18-7-8-26-17-20(18)5-3-11-30-21-6-2-1-4-19(21)15-24-16-23(26)28/h1-6,18,20,24H,7-17H2/t18-,20-/m0/s1. The number of benzene rings is 1. The highest BCUT2D eigenvalue weighted by atomic mass is 16.5. The lowest BCUT2D eigenvalue weighted by atomic mass is 9.82. The average molecular weight is 414 g/mol. The Balaban J connectivity index is 1.45. The lowest BCUT2D eigenvalue weighted by Crippen LogP contribution is -2.48. The van der Waals surface area contributed by atoms with Crippen LogP contribution in [-0.2, 0) is 20.9 Å². The van der Waals surface area contributed by atoms with Gasteiger partial charge in [-0.2, -0.15) is 0 Å². The summed E-state index contributed by atoms with van der Waals surface area (Å²) in [4.78, 5) is 29.4. The SMILES string of the molecule is O=C(C[C@@H]1CCN2C[C@@H]1C=CCOc1ccccc1CNCC2=O)N1CCOCC1. The fourth-order valence-corrected chi connectivity index (χ4v) is 4.47. The summed E-state index contributed by atoms with van der Waals surface area (Å²) in [6.45, 7) is 5.34. The third-order valence-electron chi connectivity index (χ3n) is 6.24. The van der Waals surface area contributed by atoms with Crippen LogP contribution >= 0.6 is 0 Å². The number of para-hydroxylation sites is 1. The minimum absolute atomic E-state index is 0.115. The topological polar surface area (TPSA) is 71.1 Å². The summed E-state index contributed by atoms with van der Waals surface area (Å²) in [7, 11) is 0. The van der Waals surface area contributed by atoms with E-state index in [2.05, 4.69) is 11.4 Å². The zero-order valence-electron chi connectivity index (χ0n) is 17.4. The highest BCUT2D eigenvalue weighted by Gasteiger charge is 2.32. The molecule has 0 aromatic heterocycles. The smallest absolute Gasteiger partial charge is 0.236 e. The predicted octanol–water partition coefficient (Wildman–Crippen LogP) is 1.44. The van der Waals surface area contributed by atoms with Gasteiger partial charge in [-0.1, -0.05) is 30.4 Å². The van der Waals surface area contributed by atoms with Crippen LogP contribution in [0.2, 0.25) is 0 Å². The number of hydrogen-bond donors (Lipinski definition) is 1. The second-order valence-electron chi connectivity index (χ2n) is 8.20. The molecule has 1 N–H and O–H groups in total. The fourth-order valence-electron chi connectivity index (χ4n) is 4.47. The van der Waals surface area contributed by atoms with E-state index in [0.29, 0.717) is 65.5 Å². The molecule has 3 aliphatic rings. The molecule has 2 saturated heterocycles. The molecule has 0 radical (unpaired) electrons. The maximum Gasteiger partial charge on any atom is 0.236 e. The molecule has 2 amide bonds. The molecular weight excluding hydrogens is 382 g/mol. The number of ether oxygens (including phenoxy) is 2. The second kappa shape index (κ2) is 10.1. The third kappa shape index (κ3) is 5.21. The highest BCUT2D eigenvalue weighted by Crippen LogP contribution is 2.29. The van der Waals surface area contributed by atoms with E-state index in [-0.39, 0.29) is 23.7 Å². The molecular formula is C23H31N3O4. The van der Waals surface area contributed by atoms with Crippen molar-refractivity contribution in [1.29, 1.82) is 0 Å². The van der Waals surface area contributed by atoms with Gasteiger partial charge in [-0.05, 0) is 24.3 Å². The number of piperidine rings is 1. The van der Waals surface area contributed by atoms with Crippen LogP contribution in [0.25, 0.3) is 0 Å². The van der Waals surface area contributed by atoms with E-state index in [4.69, 9.17) is 9.47 Å². The third-order valence-corrected chi connectivity index (χ3v) is 6.24. The fraction of sp³-hybridized carbons (Fsp3) is 0.565. The van der Waals surface area contributed by atoms with E-state index < -0.39 is 0 Å². The number of nitrogens with one attached hydrogen (secondary N) is 1. The number of carbonyl (C=O) groups is 2. The van der Waals surface area contributed by atoms with Crippen LogP contribution < -0.4 is 10.1 Å². The molecule has 30 heavy (non-hydrogen) atoms. The summed E-state index contributed by atoms with van der Waals surface area (Å²) < 4.78 is 11.3. The maximum absolute atomic E-state index is 12.8. The van der Waals surface area contributed by atoms with Crippen LogP contribution in [-0.4, -0.2) is 74.2 Å². The van der Waals surface area contributed by atoms with Gasteiger partial charge >= 0.3 is 0 Å². The molecule has 2 bridgehead atoms. The summed E-state index contributed by atoms with van der Waals surface area (Å²) in [5.41, 5.74) is 1.05. The van der Waals surface area contributed by atoms with E-state index >= 15 is 0 Å². The lowest BCUT2D eigenvalue weighted by Gasteiger charge is -2.38. The van der Waals surface area contributed by atoms with Crippen LogP contribution in [0.4, 0.5) is 0 Å². The van der Waals surface area contributed by atoms with Crippen LogP contribution in [0.5, 0.6) is 5.75 Å². The number of morpholine rings is 1. The predicted molar refractivity (Wildman–Crippen MR) is 113 cm³/mol. The van der Waals surface area contributed by atoms with Gasteiger partial charge in [0, 0.05) is 44.7 Å². The normalized spacial score (nSPS) is 25.4. The van der Waals surface area contributed by atoms with Gasteiger partial charge in [0.05, 0.1) is 19.8 Å². The molecule has 0 spiro atoms. The zero-order valence-corrected chi connectivity index (χ0v) is 17.4. The van der Waals surface area contributed by atoms with E-state index in [0.717, 1.165) is 17.7 Å². The summed E-state index contributed by atoms with van der Waals surface area (Å²) >= 11 is 0. The molecule has 3 heterocycles. The molecule has 0 unspecified atom stereocenters. The summed E-state index contributed by atoms with van der Waals surface area (Å²) in [5.74, 6) is 1.55. The Morgan fingerprint density at radius 3 is 2.83 bits per heavy atom. The number of nitrogens with zero attached hydrogens (tertiary/aromatic N) is 2. The minimum atomic E-state index is 0.115. The van der Waals surface area contributed by atoms with E-state index in [1.54, 1.807) is 0 Å². The largest absolute Gasteiger partial charge is 0.489 e. The molecule has 4 rings (SSSR count). The monoisotopic (exact) mass is 413 g/mol. The van der Waals surface area contributed by atoms with Crippen molar-refractivity contribution in [2.45, 2.75) is 19.4 Å². The number of carbonyl (C=O) groups excluding carboxylic acids is 2. The maximum atomic E-state index is 12.8. The molecule has 2 atom stereocenters. The Bertz CT molecular complexity index is 775. The highest BCUT2D eigenvalue weighted by molar-refractivity contribution is 5.79. The van der Waals surface area contributed by atoms with Crippen molar-refractivity contribution in [1.82, 2.24) is 15.1 Å². The van der Waals surface area contributed by atoms with Crippen LogP contribution in [0.3, 0.4) is 0 Å². The van der Waals surface area contributed by atoms with Crippen LogP contribution in [0, 0.1) is 11.8 Å². The van der Waals surface area contributed by atoms with Gasteiger partial charge < -0.3 is 24.6 Å². The van der Waals surface area contributed by atoms with Gasteiger partial charge in [0.15, 0.2) is 0 Å². The van der Waals surface area contributed by atoms with Crippen molar-refractivity contribution in [3.63, 3.8) is 0 Å². The molecule has 0 saturated carbocycles. The van der Waals surface area contributed by atoms with E-state index in [9.17, 15) is 9.59 Å². The first-order valence-corrected chi connectivity index (χ1v) is 10.9. The lowest BCUT2D eigenvalue weighted by molar-refractivity contribution is -0.137. The van der Waals surface area contributed by atoms with Crippen molar-refractivity contribution in [3.05, 3.63) is 42.0 Å². The minimum Gasteiger partial charge on any atom is -0.489 e. The molecule has 7 heteroatoms. The Labute approximate surface area is 178 Å². The molecule has 1 aromatic carbocycles. The van der Waals surface area contributed by atoms with Gasteiger partial charge in [-0.25, -0.2) is 0 Å². The Kier molecular flexibility index (Phi) is 7.02. The summed E-state index contributed by atoms with van der Waals surface area (Å²) in [6, 6.07) is 7.91. The van der Waals surface area contributed by atoms with Gasteiger partial charge in [0.2, 0.25) is 11.8 Å². The number of hydrogen-bond acceptors (Lipinski definition) is 5. The Morgan fingerprint density at radius 1 is 1.13 bits per heavy atom. The first-order valence-electron chi connectivity index (χ1n) is 10.9. The van der Waals surface area contributed by atoms with Gasteiger partial charge in [0.25, 0.3) is 0 Å². The zero-order chi connectivity index (χ0) is 20.8. The van der Waals surface area contributed by atoms with Crippen molar-refractivity contribution >= 4 is 11.8 Å². The summed E-state index contributed by atoms with van der Waals surface area (Å²) in [5, 5.41) is 3.26. The van der Waals surface area contributed by atoms with Gasteiger partial charge in [-0.15, -0.1) is 0 Å². The van der Waals surface area contributed by atoms with Crippen molar-refractivity contribution in [2.24, 2.45) is 11.8 Å². The van der Waals surface area contributed by atoms with E-state index in [1.165, 1.54) is 0 Å². The van der Waals surface area contributed by atoms with Gasteiger partial charge in [0.1, 0.15) is 12.4 Å². The van der Waals surface area contributed by atoms with Crippen LogP contribution in [0.1, 0.15) is 18.4 Å². The first-order chi connectivity index (χ1) is 14.7. The number of fused-ring (bicyclic) bond motifs is 3. The molecule has 7 nitrogen and oxygen atoms in total. The van der Waals surface area contributed by atoms with Crippen LogP contribution in [0.15, 0.2) is 36.4 Å². The quantitative estimate of drug-likeness (QED) is 0.743. The molecule has 2 fully saturated rings. The second-order valence-corrected chi connectivity index (χ2v) is 8.20.